The summed E-state index contributed by atoms with van der Waals surface area (Å²) in [6.45, 7) is 0. The fraction of sp³-hybridized carbons (Fsp3) is 0.160. The van der Waals surface area contributed by atoms with Crippen LogP contribution in [-0.2, 0) is 10.9 Å². The third-order valence-electron chi connectivity index (χ3n) is 5.25. The normalized spacial score (nSPS) is 13.8. The summed E-state index contributed by atoms with van der Waals surface area (Å²) < 4.78 is 57.5. The number of carbonyl (C=O) groups is 1. The lowest BCUT2D eigenvalue weighted by atomic mass is 10.1. The van der Waals surface area contributed by atoms with E-state index in [1.54, 1.807) is 19.2 Å². The van der Waals surface area contributed by atoms with Crippen molar-refractivity contribution in [1.82, 2.24) is 4.57 Å². The van der Waals surface area contributed by atoms with E-state index in [-0.39, 0.29) is 11.3 Å². The molecule has 0 spiro atoms. The van der Waals surface area contributed by atoms with E-state index in [0.29, 0.717) is 17.7 Å². The van der Waals surface area contributed by atoms with Gasteiger partial charge in [0.15, 0.2) is 5.75 Å². The van der Waals surface area contributed by atoms with Crippen LogP contribution in [0.3, 0.4) is 0 Å². The molecule has 176 valence electrons. The number of hydrogen-bond acceptors (Lipinski definition) is 4. The summed E-state index contributed by atoms with van der Waals surface area (Å²) in [6.07, 6.45) is 5.59. The molecule has 0 saturated heterocycles. The summed E-state index contributed by atoms with van der Waals surface area (Å²) >= 11 is 3.55. The molecule has 34 heavy (non-hydrogen) atoms. The molecule has 0 N–H and O–H groups in total. The molecule has 0 unspecified atom stereocenters. The van der Waals surface area contributed by atoms with Crippen LogP contribution >= 0.6 is 15.9 Å². The van der Waals surface area contributed by atoms with Crippen molar-refractivity contribution < 1.29 is 32.2 Å². The molecule has 0 fully saturated rings. The van der Waals surface area contributed by atoms with Crippen molar-refractivity contribution in [1.29, 1.82) is 0 Å². The van der Waals surface area contributed by atoms with Crippen LogP contribution in [-0.4, -0.2) is 24.8 Å². The zero-order chi connectivity index (χ0) is 24.5. The van der Waals surface area contributed by atoms with E-state index >= 15 is 0 Å². The lowest BCUT2D eigenvalue weighted by Crippen LogP contribution is -2.11. The van der Waals surface area contributed by atoms with Gasteiger partial charge in [0.1, 0.15) is 11.5 Å². The first kappa shape index (κ1) is 23.7. The first-order valence-electron chi connectivity index (χ1n) is 10.1. The van der Waals surface area contributed by atoms with Crippen molar-refractivity contribution in [2.75, 3.05) is 14.2 Å². The molecule has 0 amide bonds. The number of halogens is 4. The Labute approximate surface area is 201 Å². The van der Waals surface area contributed by atoms with Crippen LogP contribution in [0.5, 0.6) is 11.5 Å². The molecule has 0 saturated carbocycles. The summed E-state index contributed by atoms with van der Waals surface area (Å²) in [5.41, 5.74) is 0.547. The third-order valence-corrected chi connectivity index (χ3v) is 5.89. The highest BCUT2D eigenvalue weighted by Crippen LogP contribution is 2.39. The Morgan fingerprint density at radius 1 is 1.03 bits per heavy atom. The largest absolute Gasteiger partial charge is 0.497 e. The minimum absolute atomic E-state index is 0.0105. The van der Waals surface area contributed by atoms with Gasteiger partial charge in [0.05, 0.1) is 30.9 Å². The average Bonchev–Trinajstić information content (AvgIpc) is 2.99. The molecular weight excluding hydrogens is 515 g/mol. The van der Waals surface area contributed by atoms with Crippen molar-refractivity contribution in [2.24, 2.45) is 0 Å². The van der Waals surface area contributed by atoms with E-state index in [4.69, 9.17) is 14.2 Å². The number of allylic oxidation sites excluding steroid dienone is 5. The van der Waals surface area contributed by atoms with Gasteiger partial charge in [-0.2, -0.15) is 13.2 Å². The maximum atomic E-state index is 12.9. The van der Waals surface area contributed by atoms with Crippen LogP contribution in [0.25, 0.3) is 16.6 Å². The average molecular weight is 534 g/mol. The molecule has 1 heterocycles. The number of ether oxygens (including phenoxy) is 3. The van der Waals surface area contributed by atoms with E-state index in [2.05, 4.69) is 15.9 Å². The summed E-state index contributed by atoms with van der Waals surface area (Å²) in [6, 6.07) is 7.23. The van der Waals surface area contributed by atoms with Crippen molar-refractivity contribution in [2.45, 2.75) is 12.6 Å². The Balaban J connectivity index is 1.76. The lowest BCUT2D eigenvalue weighted by molar-refractivity contribution is -0.137. The highest BCUT2D eigenvalue weighted by atomic mass is 79.9. The molecule has 5 nitrogen and oxygen atoms in total. The van der Waals surface area contributed by atoms with Gasteiger partial charge in [-0.05, 0) is 70.9 Å². The molecule has 9 heteroatoms. The molecule has 0 aliphatic heterocycles. The first-order valence-corrected chi connectivity index (χ1v) is 10.9. The van der Waals surface area contributed by atoms with Crippen molar-refractivity contribution in [3.63, 3.8) is 0 Å². The van der Waals surface area contributed by atoms with Crippen molar-refractivity contribution in [3.8, 4) is 11.5 Å². The van der Waals surface area contributed by atoms with Gasteiger partial charge in [0.2, 0.25) is 0 Å². The quantitative estimate of drug-likeness (QED) is 0.262. The number of methoxy groups -OCH3 is 2. The Morgan fingerprint density at radius 2 is 1.76 bits per heavy atom. The smallest absolute Gasteiger partial charge is 0.416 e. The molecule has 4 rings (SSSR count). The standard InChI is InChI=1S/C25H19BrF3NO4/c1-32-18-5-3-4-17(10-11-18)30-14-21(26)20-12-19(33-2)13-22(23(20)30)34-24(31)15-6-8-16(9-7-15)25(27,28)29/h4-14H,3H2,1-2H3. The maximum absolute atomic E-state index is 12.9. The zero-order valence-corrected chi connectivity index (χ0v) is 19.7. The predicted molar refractivity (Wildman–Crippen MR) is 126 cm³/mol. The van der Waals surface area contributed by atoms with Gasteiger partial charge in [0.25, 0.3) is 0 Å². The zero-order valence-electron chi connectivity index (χ0n) is 18.2. The molecule has 2 aromatic carbocycles. The molecule has 0 radical (unpaired) electrons. The number of nitrogens with zero attached hydrogens (tertiary/aromatic N) is 1. The van der Waals surface area contributed by atoms with Crippen LogP contribution in [0.15, 0.2) is 77.1 Å². The van der Waals surface area contributed by atoms with Gasteiger partial charge in [-0.3, -0.25) is 0 Å². The Morgan fingerprint density at radius 3 is 2.41 bits per heavy atom. The summed E-state index contributed by atoms with van der Waals surface area (Å²) in [7, 11) is 3.08. The van der Waals surface area contributed by atoms with Gasteiger partial charge in [-0.25, -0.2) is 4.79 Å². The molecule has 1 aliphatic rings. The summed E-state index contributed by atoms with van der Waals surface area (Å²) in [4.78, 5) is 12.8. The molecule has 0 atom stereocenters. The topological polar surface area (TPSA) is 49.7 Å². The number of benzene rings is 2. The molecule has 1 aromatic heterocycles. The van der Waals surface area contributed by atoms with Crippen LogP contribution in [0.1, 0.15) is 22.3 Å². The minimum atomic E-state index is -4.49. The fourth-order valence-corrected chi connectivity index (χ4v) is 4.05. The van der Waals surface area contributed by atoms with E-state index in [1.165, 1.54) is 7.11 Å². The highest BCUT2D eigenvalue weighted by molar-refractivity contribution is 9.10. The maximum Gasteiger partial charge on any atom is 0.416 e. The summed E-state index contributed by atoms with van der Waals surface area (Å²) in [5, 5.41) is 0.730. The SMILES string of the molecule is COC1=CCC=C(n2cc(Br)c3cc(OC)cc(OC(=O)c4ccc(C(F)(F)F)cc4)c32)C=C1. The van der Waals surface area contributed by atoms with Crippen molar-refractivity contribution >= 4 is 38.5 Å². The fourth-order valence-electron chi connectivity index (χ4n) is 3.54. The van der Waals surface area contributed by atoms with Crippen LogP contribution < -0.4 is 9.47 Å². The van der Waals surface area contributed by atoms with E-state index in [1.807, 2.05) is 35.1 Å². The highest BCUT2D eigenvalue weighted by Gasteiger charge is 2.30. The minimum Gasteiger partial charge on any atom is -0.497 e. The van der Waals surface area contributed by atoms with Gasteiger partial charge >= 0.3 is 12.1 Å². The lowest BCUT2D eigenvalue weighted by Gasteiger charge is -2.13. The first-order chi connectivity index (χ1) is 16.2. The number of aromatic nitrogens is 1. The van der Waals surface area contributed by atoms with Gasteiger partial charge in [0, 0.05) is 27.8 Å². The Kier molecular flexibility index (Phi) is 6.56. The van der Waals surface area contributed by atoms with Gasteiger partial charge in [-0.15, -0.1) is 0 Å². The number of hydrogen-bond donors (Lipinski definition) is 0. The number of fused-ring (bicyclic) bond motifs is 1. The summed E-state index contributed by atoms with van der Waals surface area (Å²) in [5.74, 6) is 0.580. The van der Waals surface area contributed by atoms with E-state index in [9.17, 15) is 18.0 Å². The second-order valence-corrected chi connectivity index (χ2v) is 8.20. The number of carbonyl (C=O) groups excluding carboxylic acids is 1. The third kappa shape index (κ3) is 4.75. The van der Waals surface area contributed by atoms with E-state index < -0.39 is 17.7 Å². The Hall–Kier alpha value is -3.46. The van der Waals surface area contributed by atoms with Gasteiger partial charge in [-0.1, -0.05) is 6.08 Å². The van der Waals surface area contributed by atoms with Crippen LogP contribution in [0, 0.1) is 0 Å². The Bertz CT molecular complexity index is 1330. The number of rotatable bonds is 5. The number of alkyl halides is 3. The monoisotopic (exact) mass is 533 g/mol. The van der Waals surface area contributed by atoms with Crippen LogP contribution in [0.4, 0.5) is 13.2 Å². The molecule has 3 aromatic rings. The molecule has 1 aliphatic carbocycles. The molecule has 0 bridgehead atoms. The predicted octanol–water partition coefficient (Wildman–Crippen LogP) is 6.98. The van der Waals surface area contributed by atoms with Crippen LogP contribution in [0.2, 0.25) is 0 Å². The van der Waals surface area contributed by atoms with Crippen molar-refractivity contribution in [3.05, 3.63) is 88.3 Å². The second-order valence-electron chi connectivity index (χ2n) is 7.34. The molecular formula is C25H19BrF3NO4. The number of esters is 1. The second kappa shape index (κ2) is 9.42. The van der Waals surface area contributed by atoms with E-state index in [0.717, 1.165) is 45.6 Å². The van der Waals surface area contributed by atoms with Gasteiger partial charge < -0.3 is 18.8 Å².